The van der Waals surface area contributed by atoms with E-state index < -0.39 is 0 Å². The third-order valence-corrected chi connectivity index (χ3v) is 1.59. The van der Waals surface area contributed by atoms with E-state index in [0.29, 0.717) is 19.0 Å². The molecule has 0 saturated carbocycles. The molecule has 0 aliphatic heterocycles. The molecule has 0 radical (unpaired) electrons. The molecule has 0 spiro atoms. The smallest absolute Gasteiger partial charge is 0.248 e. The van der Waals surface area contributed by atoms with E-state index >= 15 is 0 Å². The number of nitrogens with zero attached hydrogens (tertiary/aromatic N) is 1. The normalized spacial score (nSPS) is 9.92. The first-order valence-electron chi connectivity index (χ1n) is 4.10. The molecule has 72 valence electrons. The maximum absolute atomic E-state index is 11.2. The van der Waals surface area contributed by atoms with Crippen molar-refractivity contribution in [1.82, 2.24) is 4.90 Å². The lowest BCUT2D eigenvalue weighted by molar-refractivity contribution is -0.134. The Morgan fingerprint density at radius 3 is 2.75 bits per heavy atom. The number of halogens is 1. The van der Waals surface area contributed by atoms with Crippen LogP contribution in [-0.4, -0.2) is 43.5 Å². The summed E-state index contributed by atoms with van der Waals surface area (Å²) in [7, 11) is 1.72. The number of carbonyl (C=O) groups is 1. The minimum atomic E-state index is -0.0101. The van der Waals surface area contributed by atoms with Crippen LogP contribution in [0.1, 0.15) is 13.3 Å². The van der Waals surface area contributed by atoms with Crippen molar-refractivity contribution in [2.24, 2.45) is 0 Å². The van der Waals surface area contributed by atoms with E-state index in [2.05, 4.69) is 0 Å². The van der Waals surface area contributed by atoms with Crippen LogP contribution in [0.5, 0.6) is 0 Å². The Kier molecular flexibility index (Phi) is 7.20. The van der Waals surface area contributed by atoms with E-state index in [0.717, 1.165) is 6.42 Å². The first kappa shape index (κ1) is 11.7. The van der Waals surface area contributed by atoms with Crippen LogP contribution in [0.2, 0.25) is 0 Å². The molecule has 0 aliphatic carbocycles. The molecule has 0 fully saturated rings. The minimum Gasteiger partial charge on any atom is -0.372 e. The fourth-order valence-corrected chi connectivity index (χ4v) is 0.919. The molecule has 0 aromatic heterocycles. The van der Waals surface area contributed by atoms with Gasteiger partial charge in [-0.2, -0.15) is 0 Å². The largest absolute Gasteiger partial charge is 0.372 e. The fourth-order valence-electron chi connectivity index (χ4n) is 0.665. The molecule has 0 aromatic carbocycles. The molecule has 4 heteroatoms. The third kappa shape index (κ3) is 5.38. The quantitative estimate of drug-likeness (QED) is 0.467. The van der Waals surface area contributed by atoms with Crippen molar-refractivity contribution >= 4 is 17.5 Å². The Labute approximate surface area is 78.6 Å². The summed E-state index contributed by atoms with van der Waals surface area (Å²) in [5.41, 5.74) is 0. The van der Waals surface area contributed by atoms with Crippen LogP contribution >= 0.6 is 11.6 Å². The molecule has 0 unspecified atom stereocenters. The van der Waals surface area contributed by atoms with Gasteiger partial charge in [0.1, 0.15) is 6.61 Å². The second kappa shape index (κ2) is 7.37. The summed E-state index contributed by atoms with van der Waals surface area (Å²) >= 11 is 5.47. The number of amides is 1. The highest BCUT2D eigenvalue weighted by Gasteiger charge is 2.06. The zero-order valence-electron chi connectivity index (χ0n) is 7.68. The van der Waals surface area contributed by atoms with Gasteiger partial charge in [-0.3, -0.25) is 4.79 Å². The second-order valence-electron chi connectivity index (χ2n) is 2.56. The van der Waals surface area contributed by atoms with E-state index in [-0.39, 0.29) is 12.5 Å². The molecule has 0 atom stereocenters. The number of hydrogen-bond donors (Lipinski definition) is 0. The van der Waals surface area contributed by atoms with Crippen molar-refractivity contribution in [1.29, 1.82) is 0 Å². The molecule has 0 saturated heterocycles. The van der Waals surface area contributed by atoms with Crippen LogP contribution in [-0.2, 0) is 9.53 Å². The molecule has 0 bridgehead atoms. The number of rotatable bonds is 6. The molecule has 3 nitrogen and oxygen atoms in total. The summed E-state index contributed by atoms with van der Waals surface area (Å²) in [5, 5.41) is 0. The minimum absolute atomic E-state index is 0.0101. The van der Waals surface area contributed by atoms with Gasteiger partial charge < -0.3 is 9.64 Å². The maximum Gasteiger partial charge on any atom is 0.248 e. The molecule has 0 rings (SSSR count). The highest BCUT2D eigenvalue weighted by atomic mass is 35.5. The van der Waals surface area contributed by atoms with Gasteiger partial charge >= 0.3 is 0 Å². The number of alkyl halides is 1. The molecule has 0 aromatic rings. The summed E-state index contributed by atoms with van der Waals surface area (Å²) in [6, 6.07) is 0. The zero-order valence-corrected chi connectivity index (χ0v) is 8.43. The van der Waals surface area contributed by atoms with Crippen LogP contribution in [0.15, 0.2) is 0 Å². The number of likely N-dealkylation sites (N-methyl/N-ethyl adjacent to an activating group) is 1. The summed E-state index contributed by atoms with van der Waals surface area (Å²) < 4.78 is 5.08. The van der Waals surface area contributed by atoms with E-state index in [9.17, 15) is 4.79 Å². The lowest BCUT2D eigenvalue weighted by atomic mass is 10.5. The van der Waals surface area contributed by atoms with Crippen molar-refractivity contribution in [3.8, 4) is 0 Å². The van der Waals surface area contributed by atoms with Crippen LogP contribution in [0.25, 0.3) is 0 Å². The summed E-state index contributed by atoms with van der Waals surface area (Å²) in [4.78, 5) is 12.7. The van der Waals surface area contributed by atoms with E-state index in [1.165, 1.54) is 0 Å². The average molecular weight is 194 g/mol. The first-order valence-corrected chi connectivity index (χ1v) is 4.63. The first-order chi connectivity index (χ1) is 5.72. The van der Waals surface area contributed by atoms with Crippen LogP contribution in [0.3, 0.4) is 0 Å². The van der Waals surface area contributed by atoms with E-state index in [4.69, 9.17) is 16.3 Å². The fraction of sp³-hybridized carbons (Fsp3) is 0.875. The third-order valence-electron chi connectivity index (χ3n) is 1.42. The SMILES string of the molecule is CCCOCC(=O)N(C)CCCl. The Hall–Kier alpha value is -0.280. The van der Waals surface area contributed by atoms with Crippen LogP contribution in [0, 0.1) is 0 Å². The van der Waals surface area contributed by atoms with Crippen molar-refractivity contribution in [3.05, 3.63) is 0 Å². The van der Waals surface area contributed by atoms with Gasteiger partial charge in [-0.05, 0) is 6.42 Å². The standard InChI is InChI=1S/C8H16ClNO2/c1-3-6-12-7-8(11)10(2)5-4-9/h3-7H2,1-2H3. The maximum atomic E-state index is 11.2. The second-order valence-corrected chi connectivity index (χ2v) is 2.93. The molecular weight excluding hydrogens is 178 g/mol. The Morgan fingerprint density at radius 1 is 1.58 bits per heavy atom. The topological polar surface area (TPSA) is 29.5 Å². The van der Waals surface area contributed by atoms with Gasteiger partial charge in [0.25, 0.3) is 0 Å². The van der Waals surface area contributed by atoms with Gasteiger partial charge in [-0.15, -0.1) is 11.6 Å². The molecule has 1 amide bonds. The molecular formula is C8H16ClNO2. The number of hydrogen-bond acceptors (Lipinski definition) is 2. The molecule has 0 N–H and O–H groups in total. The average Bonchev–Trinajstić information content (AvgIpc) is 2.05. The Morgan fingerprint density at radius 2 is 2.25 bits per heavy atom. The van der Waals surface area contributed by atoms with Crippen molar-refractivity contribution < 1.29 is 9.53 Å². The van der Waals surface area contributed by atoms with Gasteiger partial charge in [0, 0.05) is 26.1 Å². The van der Waals surface area contributed by atoms with Crippen molar-refractivity contribution in [2.75, 3.05) is 32.7 Å². The highest BCUT2D eigenvalue weighted by molar-refractivity contribution is 6.18. The van der Waals surface area contributed by atoms with Crippen LogP contribution < -0.4 is 0 Å². The summed E-state index contributed by atoms with van der Waals surface area (Å²) in [5.74, 6) is 0.458. The molecule has 0 aliphatic rings. The van der Waals surface area contributed by atoms with Gasteiger partial charge in [0.05, 0.1) is 0 Å². The lowest BCUT2D eigenvalue weighted by Crippen LogP contribution is -2.31. The highest BCUT2D eigenvalue weighted by Crippen LogP contribution is 1.89. The van der Waals surface area contributed by atoms with Gasteiger partial charge in [0.15, 0.2) is 0 Å². The molecule has 0 heterocycles. The summed E-state index contributed by atoms with van der Waals surface area (Å²) in [6.45, 7) is 3.39. The monoisotopic (exact) mass is 193 g/mol. The van der Waals surface area contributed by atoms with Gasteiger partial charge in [0.2, 0.25) is 5.91 Å². The van der Waals surface area contributed by atoms with Gasteiger partial charge in [-0.1, -0.05) is 6.92 Å². The predicted molar refractivity (Wildman–Crippen MR) is 49.5 cm³/mol. The van der Waals surface area contributed by atoms with E-state index in [1.807, 2.05) is 6.92 Å². The van der Waals surface area contributed by atoms with E-state index in [1.54, 1.807) is 11.9 Å². The molecule has 12 heavy (non-hydrogen) atoms. The van der Waals surface area contributed by atoms with Crippen LogP contribution in [0.4, 0.5) is 0 Å². The van der Waals surface area contributed by atoms with Gasteiger partial charge in [-0.25, -0.2) is 0 Å². The predicted octanol–water partition coefficient (Wildman–Crippen LogP) is 1.11. The van der Waals surface area contributed by atoms with Crippen molar-refractivity contribution in [2.45, 2.75) is 13.3 Å². The Bertz CT molecular complexity index is 130. The number of carbonyl (C=O) groups excluding carboxylic acids is 1. The number of ether oxygens (including phenoxy) is 1. The zero-order chi connectivity index (χ0) is 9.40. The summed E-state index contributed by atoms with van der Waals surface area (Å²) in [6.07, 6.45) is 0.937. The van der Waals surface area contributed by atoms with Crippen molar-refractivity contribution in [3.63, 3.8) is 0 Å². The Balaban J connectivity index is 3.43. The lowest BCUT2D eigenvalue weighted by Gasteiger charge is -2.14.